The molecule has 3 nitrogen and oxygen atoms in total. The van der Waals surface area contributed by atoms with Crippen molar-refractivity contribution in [3.8, 4) is 5.75 Å². The summed E-state index contributed by atoms with van der Waals surface area (Å²) in [5, 5.41) is 9.40. The van der Waals surface area contributed by atoms with Crippen molar-refractivity contribution in [3.63, 3.8) is 0 Å². The van der Waals surface area contributed by atoms with Gasteiger partial charge >= 0.3 is 12.1 Å². The normalized spacial score (nSPS) is 18.1. The summed E-state index contributed by atoms with van der Waals surface area (Å²) < 4.78 is 44.5. The van der Waals surface area contributed by atoms with E-state index >= 15 is 0 Å². The lowest BCUT2D eigenvalue weighted by atomic mass is 9.82. The number of hydrogen-bond donors (Lipinski definition) is 1. The van der Waals surface area contributed by atoms with Gasteiger partial charge < -0.3 is 9.84 Å². The van der Waals surface area contributed by atoms with E-state index < -0.39 is 29.2 Å². The number of carbonyl (C=O) groups is 1. The second-order valence-electron chi connectivity index (χ2n) is 6.47. The van der Waals surface area contributed by atoms with Gasteiger partial charge in [-0.25, -0.2) is 4.79 Å². The molecule has 1 N–H and O–H groups in total. The molecule has 0 aromatic heterocycles. The molecule has 0 aliphatic carbocycles. The second-order valence-corrected chi connectivity index (χ2v) is 6.88. The molecule has 0 saturated carbocycles. The zero-order valence-corrected chi connectivity index (χ0v) is 13.8. The molecule has 0 bridgehead atoms. The van der Waals surface area contributed by atoms with Crippen molar-refractivity contribution < 1.29 is 27.8 Å². The first kappa shape index (κ1) is 17.7. The van der Waals surface area contributed by atoms with Gasteiger partial charge in [0.25, 0.3) is 0 Å². The van der Waals surface area contributed by atoms with Crippen LogP contribution in [0.2, 0.25) is 5.02 Å². The minimum atomic E-state index is -4.82. The molecule has 1 atom stereocenters. The number of halogens is 4. The predicted octanol–water partition coefficient (Wildman–Crippen LogP) is 4.74. The number of hydrogen-bond acceptors (Lipinski definition) is 2. The molecule has 0 radical (unpaired) electrons. The molecule has 1 unspecified atom stereocenters. The maximum atomic E-state index is 13.1. The summed E-state index contributed by atoms with van der Waals surface area (Å²) in [4.78, 5) is 11.1. The predicted molar refractivity (Wildman–Crippen MR) is 81.0 cm³/mol. The molecule has 1 aliphatic rings. The maximum Gasteiger partial charge on any atom is 0.430 e. The number of carboxylic acids is 1. The minimum absolute atomic E-state index is 0.0200. The van der Waals surface area contributed by atoms with Crippen LogP contribution in [-0.2, 0) is 10.2 Å². The van der Waals surface area contributed by atoms with Crippen molar-refractivity contribution >= 4 is 23.6 Å². The lowest BCUT2D eigenvalue weighted by molar-refractivity contribution is -0.187. The van der Waals surface area contributed by atoms with Gasteiger partial charge in [0.15, 0.2) is 0 Å². The first-order chi connectivity index (χ1) is 10.3. The van der Waals surface area contributed by atoms with E-state index in [1.807, 2.05) is 20.8 Å². The van der Waals surface area contributed by atoms with E-state index in [4.69, 9.17) is 21.4 Å². The third-order valence-electron chi connectivity index (χ3n) is 3.62. The van der Waals surface area contributed by atoms with E-state index in [-0.39, 0.29) is 11.3 Å². The van der Waals surface area contributed by atoms with Crippen molar-refractivity contribution in [3.05, 3.63) is 33.4 Å². The summed E-state index contributed by atoms with van der Waals surface area (Å²) >= 11 is 6.25. The molecule has 1 aromatic rings. The number of aliphatic carboxylic acids is 1. The van der Waals surface area contributed by atoms with Crippen molar-refractivity contribution in [2.24, 2.45) is 0 Å². The SMILES string of the molecule is Cc1c2c(cc(Cl)c1C(C)(C)C)C=C(C(=O)O)C(C(F)(F)F)O2. The Labute approximate surface area is 136 Å². The number of ether oxygens (including phenoxy) is 1. The van der Waals surface area contributed by atoms with Gasteiger partial charge in [-0.1, -0.05) is 32.4 Å². The van der Waals surface area contributed by atoms with E-state index in [1.54, 1.807) is 6.92 Å². The molecule has 23 heavy (non-hydrogen) atoms. The lowest BCUT2D eigenvalue weighted by Gasteiger charge is -2.31. The molecule has 1 heterocycles. The Hall–Kier alpha value is -1.69. The van der Waals surface area contributed by atoms with E-state index in [1.165, 1.54) is 6.07 Å². The van der Waals surface area contributed by atoms with Gasteiger partial charge in [0.05, 0.1) is 5.57 Å². The Kier molecular flexibility index (Phi) is 4.18. The number of rotatable bonds is 1. The van der Waals surface area contributed by atoms with Gasteiger partial charge in [0.1, 0.15) is 5.75 Å². The molecule has 0 spiro atoms. The molecule has 0 saturated heterocycles. The first-order valence-electron chi connectivity index (χ1n) is 6.86. The number of carboxylic acid groups (broad SMARTS) is 1. The summed E-state index contributed by atoms with van der Waals surface area (Å²) in [5.74, 6) is -1.65. The van der Waals surface area contributed by atoms with Crippen LogP contribution in [0.4, 0.5) is 13.2 Å². The van der Waals surface area contributed by atoms with Gasteiger partial charge in [-0.2, -0.15) is 13.2 Å². The average Bonchev–Trinajstić information content (AvgIpc) is 2.34. The van der Waals surface area contributed by atoms with Gasteiger partial charge in [-0.3, -0.25) is 0 Å². The molecule has 0 amide bonds. The summed E-state index contributed by atoms with van der Waals surface area (Å²) in [5.41, 5.74) is 0.132. The first-order valence-corrected chi connectivity index (χ1v) is 7.23. The van der Waals surface area contributed by atoms with Crippen LogP contribution in [0.3, 0.4) is 0 Å². The molecule has 0 fully saturated rings. The third-order valence-corrected chi connectivity index (χ3v) is 3.92. The van der Waals surface area contributed by atoms with Crippen LogP contribution in [0.25, 0.3) is 6.08 Å². The summed E-state index contributed by atoms with van der Waals surface area (Å²) in [6.07, 6.45) is -6.35. The van der Waals surface area contributed by atoms with Gasteiger partial charge in [-0.15, -0.1) is 0 Å². The van der Waals surface area contributed by atoms with E-state index in [9.17, 15) is 18.0 Å². The zero-order chi connectivity index (χ0) is 17.7. The molecule has 1 aromatic carbocycles. The van der Waals surface area contributed by atoms with Gasteiger partial charge in [0.2, 0.25) is 6.10 Å². The van der Waals surface area contributed by atoms with E-state index in [0.29, 0.717) is 16.1 Å². The minimum Gasteiger partial charge on any atom is -0.478 e. The zero-order valence-electron chi connectivity index (χ0n) is 13.0. The topological polar surface area (TPSA) is 46.5 Å². The van der Waals surface area contributed by atoms with Crippen molar-refractivity contribution in [1.82, 2.24) is 0 Å². The summed E-state index contributed by atoms with van der Waals surface area (Å²) in [7, 11) is 0. The number of benzene rings is 1. The number of fused-ring (bicyclic) bond motifs is 1. The van der Waals surface area contributed by atoms with Crippen LogP contribution in [0.15, 0.2) is 11.6 Å². The Morgan fingerprint density at radius 2 is 1.87 bits per heavy atom. The average molecular weight is 349 g/mol. The van der Waals surface area contributed by atoms with Crippen LogP contribution in [-0.4, -0.2) is 23.4 Å². The van der Waals surface area contributed by atoms with E-state index in [2.05, 4.69) is 0 Å². The van der Waals surface area contributed by atoms with Crippen molar-refractivity contribution in [2.45, 2.75) is 45.4 Å². The fourth-order valence-corrected chi connectivity index (χ4v) is 3.35. The Morgan fingerprint density at radius 3 is 2.30 bits per heavy atom. The fraction of sp³-hybridized carbons (Fsp3) is 0.438. The summed E-state index contributed by atoms with van der Waals surface area (Å²) in [6.45, 7) is 7.28. The molecule has 2 rings (SSSR count). The van der Waals surface area contributed by atoms with Crippen molar-refractivity contribution in [2.75, 3.05) is 0 Å². The van der Waals surface area contributed by atoms with Crippen LogP contribution in [0.1, 0.15) is 37.5 Å². The molecule has 7 heteroatoms. The standard InChI is InChI=1S/C16H16ClF3O3/c1-7-11(15(2,3)4)10(17)6-8-5-9(14(21)22)13(16(18,19)20)23-12(7)8/h5-6,13H,1-4H3,(H,21,22). The molecule has 126 valence electrons. The molecular weight excluding hydrogens is 333 g/mol. The Balaban J connectivity index is 2.72. The number of alkyl halides is 3. The van der Waals surface area contributed by atoms with Gasteiger partial charge in [-0.05, 0) is 35.6 Å². The van der Waals surface area contributed by atoms with Crippen LogP contribution in [0.5, 0.6) is 5.75 Å². The third kappa shape index (κ3) is 3.17. The fourth-order valence-electron chi connectivity index (χ4n) is 2.81. The second kappa shape index (κ2) is 5.44. The maximum absolute atomic E-state index is 13.1. The smallest absolute Gasteiger partial charge is 0.430 e. The van der Waals surface area contributed by atoms with Crippen LogP contribution >= 0.6 is 11.6 Å². The Morgan fingerprint density at radius 1 is 1.30 bits per heavy atom. The highest BCUT2D eigenvalue weighted by atomic mass is 35.5. The largest absolute Gasteiger partial charge is 0.478 e. The monoisotopic (exact) mass is 348 g/mol. The van der Waals surface area contributed by atoms with Crippen LogP contribution < -0.4 is 4.74 Å². The van der Waals surface area contributed by atoms with Crippen molar-refractivity contribution in [1.29, 1.82) is 0 Å². The van der Waals surface area contributed by atoms with E-state index in [0.717, 1.165) is 6.08 Å². The quantitative estimate of drug-likeness (QED) is 0.797. The highest BCUT2D eigenvalue weighted by Crippen LogP contribution is 2.44. The highest BCUT2D eigenvalue weighted by Gasteiger charge is 2.49. The molecular formula is C16H16ClF3O3. The molecule has 1 aliphatic heterocycles. The summed E-state index contributed by atoms with van der Waals surface area (Å²) in [6, 6.07) is 1.44. The van der Waals surface area contributed by atoms with Crippen LogP contribution in [0, 0.1) is 6.92 Å². The Bertz CT molecular complexity index is 700. The lowest BCUT2D eigenvalue weighted by Crippen LogP contribution is -2.40. The van der Waals surface area contributed by atoms with Gasteiger partial charge in [0, 0.05) is 10.6 Å². The highest BCUT2D eigenvalue weighted by molar-refractivity contribution is 6.32.